The number of rotatable bonds is 9. The van der Waals surface area contributed by atoms with Gasteiger partial charge in [-0.05, 0) is 43.7 Å². The van der Waals surface area contributed by atoms with Crippen LogP contribution in [0, 0.1) is 0 Å². The summed E-state index contributed by atoms with van der Waals surface area (Å²) in [5.74, 6) is 1.51. The molecule has 0 radical (unpaired) electrons. The van der Waals surface area contributed by atoms with Crippen molar-refractivity contribution in [2.75, 3.05) is 49.6 Å². The first kappa shape index (κ1) is 22.2. The molecule has 3 heterocycles. The van der Waals surface area contributed by atoms with E-state index in [4.69, 9.17) is 4.74 Å². The van der Waals surface area contributed by atoms with Gasteiger partial charge in [-0.2, -0.15) is 4.52 Å². The Labute approximate surface area is 188 Å². The van der Waals surface area contributed by atoms with Crippen LogP contribution in [0.2, 0.25) is 0 Å². The minimum atomic E-state index is -0.0532. The van der Waals surface area contributed by atoms with Gasteiger partial charge in [0.15, 0.2) is 11.5 Å². The van der Waals surface area contributed by atoms with Crippen molar-refractivity contribution in [1.82, 2.24) is 24.7 Å². The molecular formula is C23H31N7O2. The van der Waals surface area contributed by atoms with Crippen LogP contribution in [-0.2, 0) is 22.5 Å². The topological polar surface area (TPSA) is 87.9 Å². The molecule has 0 bridgehead atoms. The molecule has 0 unspecified atom stereocenters. The average Bonchev–Trinajstić information content (AvgIpc) is 3.23. The van der Waals surface area contributed by atoms with Gasteiger partial charge in [0.05, 0.1) is 13.2 Å². The van der Waals surface area contributed by atoms with Crippen molar-refractivity contribution in [3.8, 4) is 0 Å². The quantitative estimate of drug-likeness (QED) is 0.550. The third-order valence-corrected chi connectivity index (χ3v) is 5.72. The van der Waals surface area contributed by atoms with Crippen LogP contribution in [-0.4, -0.2) is 70.0 Å². The molecule has 1 saturated heterocycles. The second-order valence-corrected chi connectivity index (χ2v) is 7.88. The molecule has 0 saturated carbocycles. The summed E-state index contributed by atoms with van der Waals surface area (Å²) in [6.07, 6.45) is 0.782. The third kappa shape index (κ3) is 5.41. The molecule has 9 nitrogen and oxygen atoms in total. The van der Waals surface area contributed by atoms with Crippen molar-refractivity contribution in [3.63, 3.8) is 0 Å². The van der Waals surface area contributed by atoms with Gasteiger partial charge in [0.1, 0.15) is 5.82 Å². The standard InChI is InChI=1S/C23H31N7O2/c1-3-29(4-2)22-10-9-20-25-26-21(30(20)27-22)11-12-23(31)24-19-7-5-18(6-8-19)17-28-13-15-32-16-14-28/h5-10H,3-4,11-17H2,1-2H3,(H,24,31). The van der Waals surface area contributed by atoms with Gasteiger partial charge in [-0.1, -0.05) is 12.1 Å². The second kappa shape index (κ2) is 10.5. The monoisotopic (exact) mass is 437 g/mol. The SMILES string of the molecule is CCN(CC)c1ccc2nnc(CCC(=O)Nc3ccc(CN4CCOCC4)cc3)n2n1. The minimum Gasteiger partial charge on any atom is -0.379 e. The molecule has 2 aromatic heterocycles. The fourth-order valence-corrected chi connectivity index (χ4v) is 3.86. The molecule has 9 heteroatoms. The Morgan fingerprint density at radius 2 is 1.81 bits per heavy atom. The highest BCUT2D eigenvalue weighted by Gasteiger charge is 2.13. The van der Waals surface area contributed by atoms with Crippen LogP contribution in [0.25, 0.3) is 5.65 Å². The van der Waals surface area contributed by atoms with Gasteiger partial charge < -0.3 is 15.0 Å². The van der Waals surface area contributed by atoms with Gasteiger partial charge in [0.25, 0.3) is 0 Å². The lowest BCUT2D eigenvalue weighted by Gasteiger charge is -2.26. The van der Waals surface area contributed by atoms with E-state index < -0.39 is 0 Å². The number of benzene rings is 1. The summed E-state index contributed by atoms with van der Waals surface area (Å²) in [6, 6.07) is 11.9. The zero-order chi connectivity index (χ0) is 22.3. The smallest absolute Gasteiger partial charge is 0.224 e. The number of nitrogens with zero attached hydrogens (tertiary/aromatic N) is 6. The number of ether oxygens (including phenoxy) is 1. The molecule has 0 atom stereocenters. The van der Waals surface area contributed by atoms with Crippen LogP contribution in [0.4, 0.5) is 11.5 Å². The Balaban J connectivity index is 1.32. The van der Waals surface area contributed by atoms with Crippen LogP contribution in [0.5, 0.6) is 0 Å². The van der Waals surface area contributed by atoms with Crippen molar-refractivity contribution < 1.29 is 9.53 Å². The summed E-state index contributed by atoms with van der Waals surface area (Å²) in [5, 5.41) is 16.1. The normalized spacial score (nSPS) is 14.6. The molecular weight excluding hydrogens is 406 g/mol. The van der Waals surface area contributed by atoms with Crippen LogP contribution < -0.4 is 10.2 Å². The third-order valence-electron chi connectivity index (χ3n) is 5.72. The van der Waals surface area contributed by atoms with Gasteiger partial charge in [-0.15, -0.1) is 15.3 Å². The lowest BCUT2D eigenvalue weighted by molar-refractivity contribution is -0.116. The highest BCUT2D eigenvalue weighted by Crippen LogP contribution is 2.15. The van der Waals surface area contributed by atoms with E-state index in [9.17, 15) is 4.79 Å². The number of aromatic nitrogens is 4. The predicted molar refractivity (Wildman–Crippen MR) is 124 cm³/mol. The maximum absolute atomic E-state index is 12.5. The van der Waals surface area contributed by atoms with Crippen molar-refractivity contribution in [2.24, 2.45) is 0 Å². The molecule has 0 aliphatic carbocycles. The minimum absolute atomic E-state index is 0.0532. The number of fused-ring (bicyclic) bond motifs is 1. The van der Waals surface area contributed by atoms with Gasteiger partial charge >= 0.3 is 0 Å². The molecule has 3 aromatic rings. The number of carbonyl (C=O) groups is 1. The number of morpholine rings is 1. The molecule has 1 aliphatic heterocycles. The van der Waals surface area contributed by atoms with Crippen LogP contribution >= 0.6 is 0 Å². The molecule has 170 valence electrons. The Kier molecular flexibility index (Phi) is 7.28. The number of carbonyl (C=O) groups excluding carboxylic acids is 1. The molecule has 32 heavy (non-hydrogen) atoms. The van der Waals surface area contributed by atoms with Crippen molar-refractivity contribution >= 4 is 23.1 Å². The first-order valence-corrected chi connectivity index (χ1v) is 11.3. The Morgan fingerprint density at radius 1 is 1.06 bits per heavy atom. The zero-order valence-electron chi connectivity index (χ0n) is 18.8. The van der Waals surface area contributed by atoms with E-state index in [1.54, 1.807) is 4.52 Å². The number of amides is 1. The van der Waals surface area contributed by atoms with E-state index in [2.05, 4.69) is 56.4 Å². The van der Waals surface area contributed by atoms with Crippen molar-refractivity contribution in [3.05, 3.63) is 47.8 Å². The van der Waals surface area contributed by atoms with E-state index in [0.717, 1.165) is 57.4 Å². The Hall–Kier alpha value is -3.04. The fourth-order valence-electron chi connectivity index (χ4n) is 3.86. The first-order valence-electron chi connectivity index (χ1n) is 11.3. The Bertz CT molecular complexity index is 1020. The molecule has 4 rings (SSSR count). The van der Waals surface area contributed by atoms with Gasteiger partial charge in [-0.25, -0.2) is 0 Å². The molecule has 1 aromatic carbocycles. The molecule has 1 N–H and O–H groups in total. The van der Waals surface area contributed by atoms with Gasteiger partial charge in [0, 0.05) is 51.3 Å². The summed E-state index contributed by atoms with van der Waals surface area (Å²) in [6.45, 7) is 10.4. The van der Waals surface area contributed by atoms with Crippen LogP contribution in [0.3, 0.4) is 0 Å². The predicted octanol–water partition coefficient (Wildman–Crippen LogP) is 2.37. The highest BCUT2D eigenvalue weighted by atomic mass is 16.5. The molecule has 1 fully saturated rings. The number of hydrogen-bond acceptors (Lipinski definition) is 7. The molecule has 0 spiro atoms. The fraction of sp³-hybridized carbons (Fsp3) is 0.478. The first-order chi connectivity index (χ1) is 15.7. The van der Waals surface area contributed by atoms with E-state index in [1.165, 1.54) is 5.56 Å². The second-order valence-electron chi connectivity index (χ2n) is 7.88. The van der Waals surface area contributed by atoms with E-state index in [1.807, 2.05) is 24.3 Å². The summed E-state index contributed by atoms with van der Waals surface area (Å²) in [5.41, 5.74) is 2.72. The lowest BCUT2D eigenvalue weighted by Crippen LogP contribution is -2.35. The highest BCUT2D eigenvalue weighted by molar-refractivity contribution is 5.90. The number of hydrogen-bond donors (Lipinski definition) is 1. The summed E-state index contributed by atoms with van der Waals surface area (Å²) in [4.78, 5) is 17.0. The average molecular weight is 438 g/mol. The molecule has 1 aliphatic rings. The number of anilines is 2. The summed E-state index contributed by atoms with van der Waals surface area (Å²) >= 11 is 0. The molecule has 1 amide bonds. The zero-order valence-corrected chi connectivity index (χ0v) is 18.8. The van der Waals surface area contributed by atoms with Crippen molar-refractivity contribution in [2.45, 2.75) is 33.2 Å². The lowest BCUT2D eigenvalue weighted by atomic mass is 10.2. The van der Waals surface area contributed by atoms with E-state index >= 15 is 0 Å². The number of nitrogens with one attached hydrogen (secondary N) is 1. The largest absolute Gasteiger partial charge is 0.379 e. The maximum Gasteiger partial charge on any atom is 0.224 e. The summed E-state index contributed by atoms with van der Waals surface area (Å²) in [7, 11) is 0. The van der Waals surface area contributed by atoms with E-state index in [-0.39, 0.29) is 5.91 Å². The summed E-state index contributed by atoms with van der Waals surface area (Å²) < 4.78 is 7.13. The van der Waals surface area contributed by atoms with Gasteiger partial charge in [-0.3, -0.25) is 9.69 Å². The number of aryl methyl sites for hydroxylation is 1. The maximum atomic E-state index is 12.5. The van der Waals surface area contributed by atoms with E-state index in [0.29, 0.717) is 24.3 Å². The van der Waals surface area contributed by atoms with Gasteiger partial charge in [0.2, 0.25) is 5.91 Å². The Morgan fingerprint density at radius 3 is 2.53 bits per heavy atom. The van der Waals surface area contributed by atoms with Crippen molar-refractivity contribution in [1.29, 1.82) is 0 Å². The van der Waals surface area contributed by atoms with Crippen LogP contribution in [0.1, 0.15) is 31.7 Å². The van der Waals surface area contributed by atoms with Crippen LogP contribution in [0.15, 0.2) is 36.4 Å².